The Kier molecular flexibility index (Phi) is 5.55. The highest BCUT2D eigenvalue weighted by molar-refractivity contribution is 7.12. The van der Waals surface area contributed by atoms with Gasteiger partial charge in [0.2, 0.25) is 0 Å². The molecular formula is C15H24N2OS. The Morgan fingerprint density at radius 3 is 3.11 bits per heavy atom. The standard InChI is InChI=1S/C15H24N2OS/c1-16-9-3-6-13(12-16)17(2)10-4-7-14(18)15-8-5-11-19-15/h5,8,11,13H,3-4,6-7,9-10,12H2,1-2H3. The fourth-order valence-electron chi connectivity index (χ4n) is 2.73. The number of thiophene rings is 1. The summed E-state index contributed by atoms with van der Waals surface area (Å²) >= 11 is 1.55. The Morgan fingerprint density at radius 2 is 2.42 bits per heavy atom. The molecule has 1 aromatic heterocycles. The fraction of sp³-hybridized carbons (Fsp3) is 0.667. The predicted octanol–water partition coefficient (Wildman–Crippen LogP) is 2.74. The summed E-state index contributed by atoms with van der Waals surface area (Å²) in [4.78, 5) is 17.6. The third-order valence-corrected chi connectivity index (χ3v) is 4.84. The summed E-state index contributed by atoms with van der Waals surface area (Å²) in [6, 6.07) is 4.53. The molecule has 1 aliphatic rings. The molecule has 106 valence electrons. The largest absolute Gasteiger partial charge is 0.305 e. The smallest absolute Gasteiger partial charge is 0.172 e. The molecule has 0 bridgehead atoms. The Bertz CT molecular complexity index is 391. The number of likely N-dealkylation sites (N-methyl/N-ethyl adjacent to an activating group) is 2. The van der Waals surface area contributed by atoms with Crippen molar-refractivity contribution in [1.82, 2.24) is 9.80 Å². The highest BCUT2D eigenvalue weighted by Crippen LogP contribution is 2.15. The maximum absolute atomic E-state index is 11.9. The molecular weight excluding hydrogens is 256 g/mol. The summed E-state index contributed by atoms with van der Waals surface area (Å²) in [5.41, 5.74) is 0. The highest BCUT2D eigenvalue weighted by Gasteiger charge is 2.20. The van der Waals surface area contributed by atoms with Crippen molar-refractivity contribution in [3.8, 4) is 0 Å². The Balaban J connectivity index is 1.69. The summed E-state index contributed by atoms with van der Waals surface area (Å²) in [7, 11) is 4.39. The van der Waals surface area contributed by atoms with Gasteiger partial charge in [0.25, 0.3) is 0 Å². The second-order valence-corrected chi connectivity index (χ2v) is 6.49. The molecule has 19 heavy (non-hydrogen) atoms. The Hall–Kier alpha value is -0.710. The van der Waals surface area contributed by atoms with Gasteiger partial charge in [0.05, 0.1) is 4.88 Å². The van der Waals surface area contributed by atoms with Crippen LogP contribution in [0.3, 0.4) is 0 Å². The van der Waals surface area contributed by atoms with Crippen molar-refractivity contribution in [1.29, 1.82) is 0 Å². The average molecular weight is 280 g/mol. The normalized spacial score (nSPS) is 20.9. The van der Waals surface area contributed by atoms with Gasteiger partial charge in [-0.3, -0.25) is 4.79 Å². The van der Waals surface area contributed by atoms with E-state index in [2.05, 4.69) is 23.9 Å². The van der Waals surface area contributed by atoms with Crippen molar-refractivity contribution < 1.29 is 4.79 Å². The van der Waals surface area contributed by atoms with E-state index < -0.39 is 0 Å². The number of piperidine rings is 1. The molecule has 2 rings (SSSR count). The van der Waals surface area contributed by atoms with Crippen LogP contribution in [0.15, 0.2) is 17.5 Å². The van der Waals surface area contributed by atoms with Gasteiger partial charge in [-0.1, -0.05) is 6.07 Å². The highest BCUT2D eigenvalue weighted by atomic mass is 32.1. The lowest BCUT2D eigenvalue weighted by atomic mass is 10.0. The summed E-state index contributed by atoms with van der Waals surface area (Å²) in [5, 5.41) is 1.97. The van der Waals surface area contributed by atoms with Crippen LogP contribution in [-0.2, 0) is 0 Å². The van der Waals surface area contributed by atoms with Crippen molar-refractivity contribution in [3.63, 3.8) is 0 Å². The number of hydrogen-bond acceptors (Lipinski definition) is 4. The molecule has 0 aromatic carbocycles. The molecule has 1 atom stereocenters. The van der Waals surface area contributed by atoms with Gasteiger partial charge in [-0.2, -0.15) is 0 Å². The summed E-state index contributed by atoms with van der Waals surface area (Å²) in [6.07, 6.45) is 4.22. The topological polar surface area (TPSA) is 23.6 Å². The molecule has 0 aliphatic carbocycles. The van der Waals surface area contributed by atoms with E-state index in [0.29, 0.717) is 18.2 Å². The SMILES string of the molecule is CN1CCCC(N(C)CCCC(=O)c2cccs2)C1. The van der Waals surface area contributed by atoms with Gasteiger partial charge in [0.15, 0.2) is 5.78 Å². The van der Waals surface area contributed by atoms with E-state index in [1.54, 1.807) is 11.3 Å². The van der Waals surface area contributed by atoms with Crippen LogP contribution < -0.4 is 0 Å². The number of nitrogens with zero attached hydrogens (tertiary/aromatic N) is 2. The van der Waals surface area contributed by atoms with E-state index in [0.717, 1.165) is 24.4 Å². The van der Waals surface area contributed by atoms with E-state index in [1.165, 1.54) is 19.4 Å². The first kappa shape index (κ1) is 14.7. The quantitative estimate of drug-likeness (QED) is 0.749. The zero-order chi connectivity index (χ0) is 13.7. The minimum absolute atomic E-state index is 0.296. The molecule has 0 amide bonds. The molecule has 1 aliphatic heterocycles. The van der Waals surface area contributed by atoms with Crippen LogP contribution >= 0.6 is 11.3 Å². The zero-order valence-corrected chi connectivity index (χ0v) is 12.8. The number of ketones is 1. The van der Waals surface area contributed by atoms with Crippen molar-refractivity contribution in [3.05, 3.63) is 22.4 Å². The minimum atomic E-state index is 0.296. The van der Waals surface area contributed by atoms with Crippen molar-refractivity contribution in [2.75, 3.05) is 33.7 Å². The van der Waals surface area contributed by atoms with E-state index in [9.17, 15) is 4.79 Å². The molecule has 0 N–H and O–H groups in total. The van der Waals surface area contributed by atoms with Gasteiger partial charge in [-0.25, -0.2) is 0 Å². The van der Waals surface area contributed by atoms with E-state index in [-0.39, 0.29) is 0 Å². The molecule has 0 spiro atoms. The number of hydrogen-bond donors (Lipinski definition) is 0. The molecule has 0 radical (unpaired) electrons. The van der Waals surface area contributed by atoms with E-state index in [1.807, 2.05) is 17.5 Å². The lowest BCUT2D eigenvalue weighted by Crippen LogP contribution is -2.45. The zero-order valence-electron chi connectivity index (χ0n) is 12.0. The second kappa shape index (κ2) is 7.17. The first-order valence-electron chi connectivity index (χ1n) is 7.12. The monoisotopic (exact) mass is 280 g/mol. The van der Waals surface area contributed by atoms with Crippen molar-refractivity contribution in [2.45, 2.75) is 31.7 Å². The average Bonchev–Trinajstić information content (AvgIpc) is 2.92. The van der Waals surface area contributed by atoms with Crippen LogP contribution in [0.25, 0.3) is 0 Å². The van der Waals surface area contributed by atoms with E-state index >= 15 is 0 Å². The summed E-state index contributed by atoms with van der Waals surface area (Å²) < 4.78 is 0. The van der Waals surface area contributed by atoms with Crippen molar-refractivity contribution in [2.24, 2.45) is 0 Å². The molecule has 4 heteroatoms. The van der Waals surface area contributed by atoms with Gasteiger partial charge in [0.1, 0.15) is 0 Å². The van der Waals surface area contributed by atoms with Gasteiger partial charge in [-0.15, -0.1) is 11.3 Å². The minimum Gasteiger partial charge on any atom is -0.305 e. The molecule has 3 nitrogen and oxygen atoms in total. The predicted molar refractivity (Wildman–Crippen MR) is 81.0 cm³/mol. The van der Waals surface area contributed by atoms with Crippen LogP contribution in [-0.4, -0.2) is 55.4 Å². The molecule has 2 heterocycles. The number of likely N-dealkylation sites (tertiary alicyclic amines) is 1. The fourth-order valence-corrected chi connectivity index (χ4v) is 3.43. The third kappa shape index (κ3) is 4.41. The van der Waals surface area contributed by atoms with Crippen LogP contribution in [0.1, 0.15) is 35.4 Å². The Morgan fingerprint density at radius 1 is 1.58 bits per heavy atom. The Labute approximate surface area is 120 Å². The third-order valence-electron chi connectivity index (χ3n) is 3.93. The first-order valence-corrected chi connectivity index (χ1v) is 8.00. The van der Waals surface area contributed by atoms with Crippen LogP contribution in [0.5, 0.6) is 0 Å². The molecule has 1 aromatic rings. The van der Waals surface area contributed by atoms with Crippen LogP contribution in [0.2, 0.25) is 0 Å². The number of carbonyl (C=O) groups excluding carboxylic acids is 1. The van der Waals surface area contributed by atoms with Crippen LogP contribution in [0.4, 0.5) is 0 Å². The van der Waals surface area contributed by atoms with Crippen LogP contribution in [0, 0.1) is 0 Å². The van der Waals surface area contributed by atoms with Gasteiger partial charge >= 0.3 is 0 Å². The second-order valence-electron chi connectivity index (χ2n) is 5.54. The lowest BCUT2D eigenvalue weighted by Gasteiger charge is -2.35. The first-order chi connectivity index (χ1) is 9.16. The molecule has 0 saturated carbocycles. The summed E-state index contributed by atoms with van der Waals surface area (Å²) in [6.45, 7) is 3.41. The molecule has 1 saturated heterocycles. The molecule has 1 fully saturated rings. The van der Waals surface area contributed by atoms with Gasteiger partial charge in [-0.05, 0) is 57.9 Å². The lowest BCUT2D eigenvalue weighted by molar-refractivity contribution is 0.0966. The van der Waals surface area contributed by atoms with Gasteiger partial charge < -0.3 is 9.80 Å². The maximum Gasteiger partial charge on any atom is 0.172 e. The molecule has 1 unspecified atom stereocenters. The summed E-state index contributed by atoms with van der Waals surface area (Å²) in [5.74, 6) is 0.296. The number of Topliss-reactive ketones (excluding diaryl/α,β-unsaturated/α-hetero) is 1. The maximum atomic E-state index is 11.9. The van der Waals surface area contributed by atoms with E-state index in [4.69, 9.17) is 0 Å². The number of rotatable bonds is 6. The van der Waals surface area contributed by atoms with Gasteiger partial charge in [0, 0.05) is 19.0 Å². The number of carbonyl (C=O) groups is 1. The van der Waals surface area contributed by atoms with Crippen molar-refractivity contribution >= 4 is 17.1 Å².